The van der Waals surface area contributed by atoms with E-state index in [1.165, 1.54) is 21.2 Å². The van der Waals surface area contributed by atoms with E-state index in [1.807, 2.05) is 76.5 Å². The highest BCUT2D eigenvalue weighted by atomic mass is 32.1. The minimum atomic E-state index is -2.24. The molecule has 0 radical (unpaired) electrons. The van der Waals surface area contributed by atoms with Crippen molar-refractivity contribution in [1.82, 2.24) is 40.1 Å². The highest BCUT2D eigenvalue weighted by molar-refractivity contribution is 7.10. The number of esters is 1. The highest BCUT2D eigenvalue weighted by Gasteiger charge is 2.46. The van der Waals surface area contributed by atoms with Crippen LogP contribution in [0.4, 0.5) is 5.69 Å². The lowest BCUT2D eigenvalue weighted by molar-refractivity contribution is -0.189. The number of nitrogens with one attached hydrogen (secondary N) is 2. The third kappa shape index (κ3) is 10.7. The summed E-state index contributed by atoms with van der Waals surface area (Å²) in [6.45, 7) is 16.8. The number of likely N-dealkylation sites (N-methyl/N-ethyl adjacent to an activating group) is 2. The summed E-state index contributed by atoms with van der Waals surface area (Å²) in [4.78, 5) is 74.4. The van der Waals surface area contributed by atoms with E-state index in [1.54, 1.807) is 14.2 Å². The van der Waals surface area contributed by atoms with E-state index in [0.29, 0.717) is 36.7 Å². The minimum Gasteiger partial charge on any atom is -0.462 e. The lowest BCUT2D eigenvalue weighted by Crippen LogP contribution is -2.67. The van der Waals surface area contributed by atoms with Gasteiger partial charge in [0.05, 0.1) is 46.7 Å². The van der Waals surface area contributed by atoms with Crippen molar-refractivity contribution in [3.8, 4) is 22.5 Å². The normalized spacial score (nSPS) is 23.6. The molecule has 9 rings (SSSR count). The van der Waals surface area contributed by atoms with Crippen molar-refractivity contribution in [2.24, 2.45) is 11.3 Å². The summed E-state index contributed by atoms with van der Waals surface area (Å²) in [5.74, 6) is -2.86. The first-order chi connectivity index (χ1) is 35.4. The van der Waals surface area contributed by atoms with Gasteiger partial charge in [-0.2, -0.15) is 5.43 Å². The number of nitrogens with zero attached hydrogens (tertiary/aromatic N) is 7. The molecule has 3 aromatic heterocycles. The SMILES string of the molecule is CCn1c(-c2cc(N3CCN(C)CC3)cnc2[C@H](C)OC)c2c3cc(ccc31)-c1csc(n1)C[C@H](NC(=O)[C@H](C(C)C)N(C)C(=O)[C@@H]1OCC[C@@H]1c1ccccc1)C(=O)N1CCC[C@@](O)(N1)C(=O)OCC(C)(C)C2. The molecular formula is C56H73N9O8S. The molecule has 6 atom stereocenters. The van der Waals surface area contributed by atoms with E-state index in [4.69, 9.17) is 24.2 Å². The van der Waals surface area contributed by atoms with Gasteiger partial charge in [0.1, 0.15) is 18.2 Å². The first-order valence-corrected chi connectivity index (χ1v) is 27.1. The van der Waals surface area contributed by atoms with Crippen LogP contribution in [0.15, 0.2) is 66.2 Å². The molecule has 17 nitrogen and oxygen atoms in total. The van der Waals surface area contributed by atoms with Gasteiger partial charge in [-0.15, -0.1) is 11.3 Å². The van der Waals surface area contributed by atoms with Gasteiger partial charge < -0.3 is 43.9 Å². The second-order valence-electron chi connectivity index (χ2n) is 21.7. The van der Waals surface area contributed by atoms with Crippen LogP contribution in [0.2, 0.25) is 0 Å². The van der Waals surface area contributed by atoms with Crippen LogP contribution in [0, 0.1) is 11.3 Å². The van der Waals surface area contributed by atoms with Crippen molar-refractivity contribution in [2.75, 3.05) is 72.0 Å². The van der Waals surface area contributed by atoms with Gasteiger partial charge in [-0.05, 0) is 75.4 Å². The number of amides is 3. The Balaban J connectivity index is 1.11. The molecule has 396 valence electrons. The number of anilines is 1. The van der Waals surface area contributed by atoms with Gasteiger partial charge in [-0.25, -0.2) is 9.78 Å². The molecule has 4 aliphatic heterocycles. The van der Waals surface area contributed by atoms with Crippen LogP contribution in [-0.4, -0.2) is 149 Å². The van der Waals surface area contributed by atoms with Gasteiger partial charge in [0.15, 0.2) is 0 Å². The largest absolute Gasteiger partial charge is 0.462 e. The highest BCUT2D eigenvalue weighted by Crippen LogP contribution is 2.43. The predicted molar refractivity (Wildman–Crippen MR) is 285 cm³/mol. The van der Waals surface area contributed by atoms with Gasteiger partial charge in [0, 0.05) is 112 Å². The zero-order valence-corrected chi connectivity index (χ0v) is 45.2. The summed E-state index contributed by atoms with van der Waals surface area (Å²) in [6.07, 6.45) is 2.28. The summed E-state index contributed by atoms with van der Waals surface area (Å²) < 4.78 is 20.4. The number of pyridine rings is 1. The average molecular weight is 1030 g/mol. The van der Waals surface area contributed by atoms with Crippen molar-refractivity contribution >= 4 is 51.6 Å². The number of thiazole rings is 1. The fraction of sp³-hybridized carbons (Fsp3) is 0.536. The lowest BCUT2D eigenvalue weighted by atomic mass is 9.84. The standard InChI is InChI=1S/C56H73N9O8S/c1-10-64-45-18-17-37-27-40(45)42(49(64)41-28-38(31-57-47(41)35(4)71-9)63-24-22-61(7)23-25-63)30-55(5,6)33-73-54(69)56(70)20-14-21-65(60-56)52(67)43(29-46-58-44(37)32-74-46)59-51(66)48(34(2)3)62(8)53(68)50-39(19-26-72-50)36-15-12-11-13-16-36/h11-13,15-18,27-28,31-32,34-35,39,43,48,50,60,70H,10,14,19-26,29-30,33H2,1-9H3,(H,59,66)/t35-,39+,43-,48-,50+,56-/m0/s1. The minimum absolute atomic E-state index is 0.00423. The van der Waals surface area contributed by atoms with Crippen LogP contribution in [0.1, 0.15) is 94.7 Å². The number of aryl methyl sites for hydroxylation is 1. The monoisotopic (exact) mass is 1030 g/mol. The number of carbonyl (C=O) groups excluding carboxylic acids is 4. The number of fused-ring (bicyclic) bond motifs is 6. The second kappa shape index (κ2) is 21.8. The smallest absolute Gasteiger partial charge is 0.355 e. The third-order valence-corrected chi connectivity index (χ3v) is 16.3. The molecule has 2 aromatic carbocycles. The molecule has 7 heterocycles. The number of rotatable bonds is 11. The summed E-state index contributed by atoms with van der Waals surface area (Å²) in [7, 11) is 5.45. The van der Waals surface area contributed by atoms with Gasteiger partial charge in [0.2, 0.25) is 11.6 Å². The van der Waals surface area contributed by atoms with Gasteiger partial charge in [-0.3, -0.25) is 24.4 Å². The van der Waals surface area contributed by atoms with E-state index in [-0.39, 0.29) is 56.3 Å². The first-order valence-electron chi connectivity index (χ1n) is 26.2. The zero-order valence-electron chi connectivity index (χ0n) is 44.4. The molecule has 0 aliphatic carbocycles. The molecule has 6 bridgehead atoms. The summed E-state index contributed by atoms with van der Waals surface area (Å²) >= 11 is 1.38. The van der Waals surface area contributed by atoms with Crippen molar-refractivity contribution in [3.05, 3.63) is 88.0 Å². The molecule has 0 unspecified atom stereocenters. The zero-order chi connectivity index (χ0) is 52.6. The Kier molecular flexibility index (Phi) is 15.7. The van der Waals surface area contributed by atoms with Gasteiger partial charge in [-0.1, -0.05) is 64.1 Å². The maximum absolute atomic E-state index is 14.8. The summed E-state index contributed by atoms with van der Waals surface area (Å²) in [6, 6.07) is 16.2. The van der Waals surface area contributed by atoms with Gasteiger partial charge >= 0.3 is 5.97 Å². The van der Waals surface area contributed by atoms with Gasteiger partial charge in [0.25, 0.3) is 11.8 Å². The number of piperazine rings is 1. The fourth-order valence-electron chi connectivity index (χ4n) is 11.3. The molecular weight excluding hydrogens is 959 g/mol. The number of cyclic esters (lactones) is 1. The van der Waals surface area contributed by atoms with Crippen molar-refractivity contribution in [2.45, 2.75) is 116 Å². The first kappa shape index (κ1) is 53.1. The van der Waals surface area contributed by atoms with Crippen LogP contribution < -0.4 is 15.6 Å². The molecule has 3 fully saturated rings. The van der Waals surface area contributed by atoms with Crippen molar-refractivity contribution in [1.29, 1.82) is 0 Å². The molecule has 5 aromatic rings. The number of aliphatic hydroxyl groups is 1. The molecule has 3 N–H and O–H groups in total. The lowest BCUT2D eigenvalue weighted by Gasteiger charge is -2.40. The van der Waals surface area contributed by atoms with E-state index in [9.17, 15) is 24.3 Å². The number of carbonyl (C=O) groups is 4. The number of hydrogen-bond donors (Lipinski definition) is 3. The molecule has 3 amide bonds. The Bertz CT molecular complexity index is 2860. The quantitative estimate of drug-likeness (QED) is 0.125. The molecule has 4 aliphatic rings. The van der Waals surface area contributed by atoms with E-state index in [0.717, 1.165) is 76.4 Å². The Labute approximate surface area is 438 Å². The molecule has 0 saturated carbocycles. The summed E-state index contributed by atoms with van der Waals surface area (Å²) in [5.41, 5.74) is 8.40. The Morgan fingerprint density at radius 1 is 1.05 bits per heavy atom. The van der Waals surface area contributed by atoms with Crippen molar-refractivity contribution < 1.29 is 38.5 Å². The third-order valence-electron chi connectivity index (χ3n) is 15.4. The molecule has 0 spiro atoms. The maximum Gasteiger partial charge on any atom is 0.355 e. The van der Waals surface area contributed by atoms with Crippen LogP contribution in [-0.2, 0) is 52.8 Å². The maximum atomic E-state index is 14.8. The van der Waals surface area contributed by atoms with E-state index >= 15 is 0 Å². The second-order valence-corrected chi connectivity index (χ2v) is 22.7. The Hall–Kier alpha value is -5.76. The molecule has 74 heavy (non-hydrogen) atoms. The number of ether oxygens (including phenoxy) is 3. The number of benzene rings is 2. The van der Waals surface area contributed by atoms with Crippen LogP contribution in [0.5, 0.6) is 0 Å². The molecule has 18 heteroatoms. The molecule has 3 saturated heterocycles. The fourth-order valence-corrected chi connectivity index (χ4v) is 12.1. The van der Waals surface area contributed by atoms with E-state index in [2.05, 4.69) is 63.3 Å². The number of hydrogen-bond acceptors (Lipinski definition) is 14. The Morgan fingerprint density at radius 2 is 1.81 bits per heavy atom. The predicted octanol–water partition coefficient (Wildman–Crippen LogP) is 6.33. The number of methoxy groups -OCH3 is 1. The topological polar surface area (TPSA) is 184 Å². The average Bonchev–Trinajstić information content (AvgIpc) is 4.16. The summed E-state index contributed by atoms with van der Waals surface area (Å²) in [5, 5.41) is 19.8. The Morgan fingerprint density at radius 3 is 2.53 bits per heavy atom. The van der Waals surface area contributed by atoms with Crippen LogP contribution in [0.3, 0.4) is 0 Å². The number of aromatic nitrogens is 3. The van der Waals surface area contributed by atoms with E-state index < -0.39 is 47.1 Å². The number of hydrazine groups is 1. The van der Waals surface area contributed by atoms with Crippen LogP contribution in [0.25, 0.3) is 33.4 Å². The van der Waals surface area contributed by atoms with Crippen LogP contribution >= 0.6 is 11.3 Å². The van der Waals surface area contributed by atoms with Crippen molar-refractivity contribution in [3.63, 3.8) is 0 Å².